The van der Waals surface area contributed by atoms with Crippen LogP contribution >= 0.6 is 0 Å². The number of hydrogen-bond acceptors (Lipinski definition) is 5. The molecule has 3 aromatic carbocycles. The van der Waals surface area contributed by atoms with Crippen molar-refractivity contribution in [1.29, 1.82) is 0 Å². The first-order valence-corrected chi connectivity index (χ1v) is 13.2. The summed E-state index contributed by atoms with van der Waals surface area (Å²) in [6, 6.07) is 20.1. The Balaban J connectivity index is 1.97. The highest BCUT2D eigenvalue weighted by atomic mass is 16.6. The first-order valence-electron chi connectivity index (χ1n) is 13.2. The third-order valence-electron chi connectivity index (χ3n) is 6.55. The Morgan fingerprint density at radius 3 is 2.15 bits per heavy atom. The Morgan fingerprint density at radius 2 is 1.55 bits per heavy atom. The number of hydrogen-bond donors (Lipinski definition) is 2. The monoisotopic (exact) mass is 545 g/mol. The lowest BCUT2D eigenvalue weighted by Crippen LogP contribution is -2.52. The number of methoxy groups -OCH3 is 1. The number of carbonyl (C=O) groups excluding carboxylic acids is 3. The number of benzene rings is 3. The summed E-state index contributed by atoms with van der Waals surface area (Å²) in [5, 5.41) is 5.67. The van der Waals surface area contributed by atoms with E-state index < -0.39 is 29.7 Å². The van der Waals surface area contributed by atoms with Gasteiger partial charge in [-0.15, -0.1) is 0 Å². The highest BCUT2D eigenvalue weighted by Gasteiger charge is 2.35. The van der Waals surface area contributed by atoms with Crippen molar-refractivity contribution in [2.24, 2.45) is 0 Å². The Labute approximate surface area is 236 Å². The van der Waals surface area contributed by atoms with Crippen molar-refractivity contribution < 1.29 is 23.9 Å². The van der Waals surface area contributed by atoms with Crippen LogP contribution in [0.15, 0.2) is 72.8 Å². The smallest absolute Gasteiger partial charge is 0.408 e. The van der Waals surface area contributed by atoms with Gasteiger partial charge in [-0.2, -0.15) is 0 Å². The summed E-state index contributed by atoms with van der Waals surface area (Å²) < 4.78 is 10.7. The quantitative estimate of drug-likeness (QED) is 0.366. The topological polar surface area (TPSA) is 97.0 Å². The first-order chi connectivity index (χ1) is 18.9. The molecule has 2 unspecified atom stereocenters. The average molecular weight is 546 g/mol. The Morgan fingerprint density at radius 1 is 0.900 bits per heavy atom. The van der Waals surface area contributed by atoms with Crippen molar-refractivity contribution in [1.82, 2.24) is 10.2 Å². The van der Waals surface area contributed by atoms with E-state index in [9.17, 15) is 14.4 Å². The summed E-state index contributed by atoms with van der Waals surface area (Å²) in [5.41, 5.74) is 3.27. The Hall–Kier alpha value is -4.33. The minimum Gasteiger partial charge on any atom is -0.497 e. The molecule has 3 amide bonds. The molecular weight excluding hydrogens is 506 g/mol. The predicted molar refractivity (Wildman–Crippen MR) is 156 cm³/mol. The van der Waals surface area contributed by atoms with Crippen LogP contribution in [0.2, 0.25) is 0 Å². The predicted octanol–water partition coefficient (Wildman–Crippen LogP) is 5.59. The van der Waals surface area contributed by atoms with Crippen LogP contribution in [-0.2, 0) is 20.7 Å². The zero-order valence-electron chi connectivity index (χ0n) is 24.3. The molecule has 8 heteroatoms. The summed E-state index contributed by atoms with van der Waals surface area (Å²) in [5.74, 6) is -0.149. The van der Waals surface area contributed by atoms with Crippen molar-refractivity contribution in [3.05, 3.63) is 95.1 Å². The molecule has 0 saturated heterocycles. The molecule has 2 N–H and O–H groups in total. The van der Waals surface area contributed by atoms with E-state index in [0.29, 0.717) is 17.0 Å². The van der Waals surface area contributed by atoms with E-state index in [0.717, 1.165) is 16.7 Å². The number of alkyl carbamates (subject to hydrolysis) is 1. The van der Waals surface area contributed by atoms with E-state index in [1.807, 2.05) is 62.4 Å². The lowest BCUT2D eigenvalue weighted by molar-refractivity contribution is -0.139. The number of nitrogens with zero attached hydrogens (tertiary/aromatic N) is 1. The van der Waals surface area contributed by atoms with Gasteiger partial charge in [0.15, 0.2) is 0 Å². The maximum absolute atomic E-state index is 14.1. The molecule has 0 aromatic heterocycles. The van der Waals surface area contributed by atoms with Crippen LogP contribution in [0.5, 0.6) is 5.75 Å². The van der Waals surface area contributed by atoms with Crippen LogP contribution in [0, 0.1) is 13.8 Å². The van der Waals surface area contributed by atoms with E-state index in [1.54, 1.807) is 59.2 Å². The van der Waals surface area contributed by atoms with E-state index in [1.165, 1.54) is 4.90 Å². The zero-order chi connectivity index (χ0) is 29.4. The van der Waals surface area contributed by atoms with Gasteiger partial charge in [-0.25, -0.2) is 4.79 Å². The van der Waals surface area contributed by atoms with Crippen LogP contribution in [0.1, 0.15) is 49.1 Å². The average Bonchev–Trinajstić information content (AvgIpc) is 2.90. The molecule has 0 aliphatic heterocycles. The molecular formula is C32H39N3O5. The van der Waals surface area contributed by atoms with Gasteiger partial charge in [0.2, 0.25) is 5.91 Å². The third kappa shape index (κ3) is 8.09. The molecule has 0 radical (unpaired) electrons. The molecule has 8 nitrogen and oxygen atoms in total. The van der Waals surface area contributed by atoms with E-state index in [-0.39, 0.29) is 12.3 Å². The third-order valence-corrected chi connectivity index (χ3v) is 6.55. The molecule has 0 aliphatic rings. The number of rotatable bonds is 9. The molecule has 0 fully saturated rings. The van der Waals surface area contributed by atoms with Crippen LogP contribution in [0.4, 0.5) is 10.5 Å². The molecule has 0 saturated carbocycles. The largest absolute Gasteiger partial charge is 0.497 e. The van der Waals surface area contributed by atoms with Gasteiger partial charge in [0, 0.05) is 19.2 Å². The van der Waals surface area contributed by atoms with Crippen LogP contribution in [0.3, 0.4) is 0 Å². The number of amides is 3. The summed E-state index contributed by atoms with van der Waals surface area (Å²) >= 11 is 0. The van der Waals surface area contributed by atoms with Crippen molar-refractivity contribution in [2.45, 2.75) is 58.7 Å². The van der Waals surface area contributed by atoms with Gasteiger partial charge in [0.1, 0.15) is 23.4 Å². The van der Waals surface area contributed by atoms with Gasteiger partial charge in [-0.3, -0.25) is 9.59 Å². The van der Waals surface area contributed by atoms with E-state index >= 15 is 0 Å². The molecule has 0 bridgehead atoms. The van der Waals surface area contributed by atoms with Gasteiger partial charge in [0.25, 0.3) is 5.91 Å². The lowest BCUT2D eigenvalue weighted by Gasteiger charge is -2.32. The molecule has 212 valence electrons. The molecule has 0 aliphatic carbocycles. The summed E-state index contributed by atoms with van der Waals surface area (Å²) in [4.78, 5) is 42.0. The van der Waals surface area contributed by atoms with Gasteiger partial charge in [-0.05, 0) is 81.1 Å². The SMILES string of the molecule is COc1ccc(NC(=O)C(c2cccc(C)c2C)N(C)C(=O)C(Cc2ccccc2)NC(=O)OC(C)(C)C)cc1. The Bertz CT molecular complexity index is 1320. The molecule has 0 spiro atoms. The first kappa shape index (κ1) is 30.2. The van der Waals surface area contributed by atoms with Crippen LogP contribution in [0.25, 0.3) is 0 Å². The Kier molecular flexibility index (Phi) is 9.93. The van der Waals surface area contributed by atoms with Gasteiger partial charge < -0.3 is 25.0 Å². The number of anilines is 1. The zero-order valence-corrected chi connectivity index (χ0v) is 24.3. The highest BCUT2D eigenvalue weighted by molar-refractivity contribution is 5.99. The molecule has 2 atom stereocenters. The number of nitrogens with one attached hydrogen (secondary N) is 2. The van der Waals surface area contributed by atoms with Crippen molar-refractivity contribution >= 4 is 23.6 Å². The summed E-state index contributed by atoms with van der Waals surface area (Å²) in [6.45, 7) is 9.16. The molecule has 0 heterocycles. The highest BCUT2D eigenvalue weighted by Crippen LogP contribution is 2.28. The van der Waals surface area contributed by atoms with Crippen molar-refractivity contribution in [3.8, 4) is 5.75 Å². The fourth-order valence-electron chi connectivity index (χ4n) is 4.35. The minimum atomic E-state index is -0.969. The lowest BCUT2D eigenvalue weighted by atomic mass is 9.95. The second-order valence-electron chi connectivity index (χ2n) is 10.7. The maximum atomic E-state index is 14.1. The van der Waals surface area contributed by atoms with Gasteiger partial charge in [0.05, 0.1) is 7.11 Å². The molecule has 40 heavy (non-hydrogen) atoms. The van der Waals surface area contributed by atoms with E-state index in [2.05, 4.69) is 10.6 Å². The fraction of sp³-hybridized carbons (Fsp3) is 0.344. The van der Waals surface area contributed by atoms with Crippen molar-refractivity contribution in [2.75, 3.05) is 19.5 Å². The normalized spacial score (nSPS) is 12.6. The van der Waals surface area contributed by atoms with Gasteiger partial charge in [-0.1, -0.05) is 48.5 Å². The summed E-state index contributed by atoms with van der Waals surface area (Å²) in [6.07, 6.45) is -0.482. The second kappa shape index (κ2) is 13.2. The summed E-state index contributed by atoms with van der Waals surface area (Å²) in [7, 11) is 3.15. The van der Waals surface area contributed by atoms with E-state index in [4.69, 9.17) is 9.47 Å². The number of aryl methyl sites for hydroxylation is 1. The van der Waals surface area contributed by atoms with Crippen LogP contribution < -0.4 is 15.4 Å². The van der Waals surface area contributed by atoms with Gasteiger partial charge >= 0.3 is 6.09 Å². The molecule has 3 rings (SSSR count). The number of carbonyl (C=O) groups is 3. The number of ether oxygens (including phenoxy) is 2. The van der Waals surface area contributed by atoms with Crippen LogP contribution in [-0.4, -0.2) is 48.6 Å². The van der Waals surface area contributed by atoms with Crippen molar-refractivity contribution in [3.63, 3.8) is 0 Å². The standard InChI is InChI=1S/C32H39N3O5/c1-21-12-11-15-26(22(21)2)28(29(36)33-24-16-18-25(39-7)19-17-24)35(6)30(37)27(20-23-13-9-8-10-14-23)34-31(38)40-32(3,4)5/h8-19,27-28H,20H2,1-7H3,(H,33,36)(H,34,38). The molecule has 3 aromatic rings. The minimum absolute atomic E-state index is 0.225. The number of likely N-dealkylation sites (N-methyl/N-ethyl adjacent to an activating group) is 1. The maximum Gasteiger partial charge on any atom is 0.408 e. The second-order valence-corrected chi connectivity index (χ2v) is 10.7. The fourth-order valence-corrected chi connectivity index (χ4v) is 4.35.